The molecule has 2 N–H and O–H groups in total. The molecule has 0 radical (unpaired) electrons. The van der Waals surface area contributed by atoms with Crippen LogP contribution in [0.4, 0.5) is 5.82 Å². The molecule has 1 aromatic rings. The minimum Gasteiger partial charge on any atom is -0.381 e. The maximum atomic E-state index is 11.7. The average Bonchev–Trinajstić information content (AvgIpc) is 2.72. The van der Waals surface area contributed by atoms with E-state index in [1.54, 1.807) is 4.90 Å². The summed E-state index contributed by atoms with van der Waals surface area (Å²) in [6, 6.07) is 0. The fourth-order valence-corrected chi connectivity index (χ4v) is 1.88. The summed E-state index contributed by atoms with van der Waals surface area (Å²) >= 11 is 0.981. The van der Waals surface area contributed by atoms with Gasteiger partial charge in [0.2, 0.25) is 0 Å². The van der Waals surface area contributed by atoms with Gasteiger partial charge in [0.05, 0.1) is 11.7 Å². The number of nitrogen functional groups attached to an aromatic ring is 1. The predicted octanol–water partition coefficient (Wildman–Crippen LogP) is 0.356. The van der Waals surface area contributed by atoms with Crippen LogP contribution in [0.25, 0.3) is 0 Å². The average molecular weight is 198 g/mol. The Kier molecular flexibility index (Phi) is 2.13. The van der Waals surface area contributed by atoms with Crippen molar-refractivity contribution in [2.75, 3.05) is 18.8 Å². The molecule has 1 aliphatic heterocycles. The molecule has 1 aliphatic rings. The van der Waals surface area contributed by atoms with Crippen LogP contribution < -0.4 is 5.73 Å². The highest BCUT2D eigenvalue weighted by Gasteiger charge is 2.23. The lowest BCUT2D eigenvalue weighted by atomic mass is 10.4. The molecule has 0 aromatic carbocycles. The topological polar surface area (TPSA) is 72.1 Å². The first-order valence-corrected chi connectivity index (χ1v) is 4.89. The van der Waals surface area contributed by atoms with Crippen molar-refractivity contribution in [2.45, 2.75) is 12.8 Å². The van der Waals surface area contributed by atoms with Crippen LogP contribution in [0.3, 0.4) is 0 Å². The first kappa shape index (κ1) is 8.43. The van der Waals surface area contributed by atoms with Gasteiger partial charge in [-0.15, -0.1) is 0 Å². The highest BCUT2D eigenvalue weighted by molar-refractivity contribution is 6.99. The van der Waals surface area contributed by atoms with Crippen LogP contribution in [0.15, 0.2) is 0 Å². The Labute approximate surface area is 79.9 Å². The lowest BCUT2D eigenvalue weighted by molar-refractivity contribution is 0.0789. The summed E-state index contributed by atoms with van der Waals surface area (Å²) in [7, 11) is 0. The molecule has 70 valence electrons. The number of anilines is 1. The van der Waals surface area contributed by atoms with Crippen molar-refractivity contribution in [3.05, 3.63) is 5.69 Å². The van der Waals surface area contributed by atoms with E-state index in [0.29, 0.717) is 5.69 Å². The number of hydrogen-bond acceptors (Lipinski definition) is 5. The number of hydrogen-bond donors (Lipinski definition) is 1. The zero-order valence-corrected chi connectivity index (χ0v) is 7.88. The molecule has 1 fully saturated rings. The molecule has 2 rings (SSSR count). The molecular formula is C7H10N4OS. The number of likely N-dealkylation sites (tertiary alicyclic amines) is 1. The summed E-state index contributed by atoms with van der Waals surface area (Å²) in [6.07, 6.45) is 2.15. The smallest absolute Gasteiger partial charge is 0.277 e. The Morgan fingerprint density at radius 2 is 2.08 bits per heavy atom. The van der Waals surface area contributed by atoms with Crippen molar-refractivity contribution in [1.82, 2.24) is 13.6 Å². The molecule has 6 heteroatoms. The number of nitrogens with zero attached hydrogens (tertiary/aromatic N) is 3. The molecular weight excluding hydrogens is 188 g/mol. The van der Waals surface area contributed by atoms with Gasteiger partial charge in [0.15, 0.2) is 11.5 Å². The summed E-state index contributed by atoms with van der Waals surface area (Å²) in [4.78, 5) is 13.4. The second-order valence-corrected chi connectivity index (χ2v) is 3.53. The van der Waals surface area contributed by atoms with Gasteiger partial charge in [-0.2, -0.15) is 8.75 Å². The molecule has 0 bridgehead atoms. The van der Waals surface area contributed by atoms with Gasteiger partial charge in [-0.1, -0.05) is 0 Å². The fourth-order valence-electron chi connectivity index (χ4n) is 1.41. The van der Waals surface area contributed by atoms with Gasteiger partial charge in [-0.25, -0.2) is 0 Å². The third-order valence-corrected chi connectivity index (χ3v) is 2.65. The molecule has 0 saturated carbocycles. The molecule has 1 amide bonds. The van der Waals surface area contributed by atoms with Crippen molar-refractivity contribution < 1.29 is 4.79 Å². The van der Waals surface area contributed by atoms with E-state index in [-0.39, 0.29) is 11.7 Å². The maximum Gasteiger partial charge on any atom is 0.277 e. The molecule has 5 nitrogen and oxygen atoms in total. The van der Waals surface area contributed by atoms with E-state index < -0.39 is 0 Å². The minimum absolute atomic E-state index is 0.0799. The van der Waals surface area contributed by atoms with Crippen molar-refractivity contribution in [1.29, 1.82) is 0 Å². The van der Waals surface area contributed by atoms with Gasteiger partial charge < -0.3 is 10.6 Å². The Hall–Kier alpha value is -1.17. The fraction of sp³-hybridized carbons (Fsp3) is 0.571. The van der Waals surface area contributed by atoms with E-state index in [1.807, 2.05) is 0 Å². The summed E-state index contributed by atoms with van der Waals surface area (Å²) in [5, 5.41) is 0. The first-order valence-electron chi connectivity index (χ1n) is 4.16. The Morgan fingerprint density at radius 3 is 2.62 bits per heavy atom. The van der Waals surface area contributed by atoms with Crippen molar-refractivity contribution in [3.8, 4) is 0 Å². The van der Waals surface area contributed by atoms with E-state index >= 15 is 0 Å². The van der Waals surface area contributed by atoms with E-state index in [0.717, 1.165) is 37.7 Å². The van der Waals surface area contributed by atoms with Gasteiger partial charge in [0, 0.05) is 13.1 Å². The quantitative estimate of drug-likeness (QED) is 0.707. The van der Waals surface area contributed by atoms with Gasteiger partial charge in [-0.3, -0.25) is 4.79 Å². The normalized spacial score (nSPS) is 16.5. The van der Waals surface area contributed by atoms with Gasteiger partial charge in [0.25, 0.3) is 5.91 Å². The number of amides is 1. The predicted molar refractivity (Wildman–Crippen MR) is 49.5 cm³/mol. The van der Waals surface area contributed by atoms with Crippen LogP contribution in [0.2, 0.25) is 0 Å². The van der Waals surface area contributed by atoms with Crippen molar-refractivity contribution >= 4 is 23.5 Å². The molecule has 0 unspecified atom stereocenters. The molecule has 0 spiro atoms. The summed E-state index contributed by atoms with van der Waals surface area (Å²) < 4.78 is 7.64. The van der Waals surface area contributed by atoms with E-state index in [4.69, 9.17) is 5.73 Å². The highest BCUT2D eigenvalue weighted by Crippen LogP contribution is 2.15. The van der Waals surface area contributed by atoms with E-state index in [9.17, 15) is 4.79 Å². The molecule has 1 saturated heterocycles. The SMILES string of the molecule is Nc1nsnc1C(=O)N1CCCC1. The van der Waals surface area contributed by atoms with Gasteiger partial charge >= 0.3 is 0 Å². The number of nitrogens with two attached hydrogens (primary N) is 1. The summed E-state index contributed by atoms with van der Waals surface area (Å²) in [6.45, 7) is 1.63. The largest absolute Gasteiger partial charge is 0.381 e. The lowest BCUT2D eigenvalue weighted by Gasteiger charge is -2.12. The minimum atomic E-state index is -0.0799. The Balaban J connectivity index is 2.17. The number of carbonyl (C=O) groups is 1. The van der Waals surface area contributed by atoms with Crippen LogP contribution in [-0.2, 0) is 0 Å². The molecule has 0 atom stereocenters. The first-order chi connectivity index (χ1) is 6.29. The van der Waals surface area contributed by atoms with Crippen LogP contribution in [0.5, 0.6) is 0 Å². The number of rotatable bonds is 1. The zero-order valence-electron chi connectivity index (χ0n) is 7.06. The second kappa shape index (κ2) is 3.29. The third-order valence-electron chi connectivity index (χ3n) is 2.11. The van der Waals surface area contributed by atoms with E-state index in [1.165, 1.54) is 0 Å². The molecule has 2 heterocycles. The van der Waals surface area contributed by atoms with Crippen LogP contribution in [0, 0.1) is 0 Å². The Bertz CT molecular complexity index is 318. The zero-order chi connectivity index (χ0) is 9.26. The molecule has 1 aromatic heterocycles. The van der Waals surface area contributed by atoms with Crippen LogP contribution in [0.1, 0.15) is 23.3 Å². The summed E-state index contributed by atoms with van der Waals surface area (Å²) in [5.74, 6) is 0.172. The summed E-state index contributed by atoms with van der Waals surface area (Å²) in [5.41, 5.74) is 5.81. The second-order valence-electron chi connectivity index (χ2n) is 3.00. The number of carbonyl (C=O) groups excluding carboxylic acids is 1. The lowest BCUT2D eigenvalue weighted by Crippen LogP contribution is -2.28. The van der Waals surface area contributed by atoms with Gasteiger partial charge in [0.1, 0.15) is 0 Å². The standard InChI is InChI=1S/C7H10N4OS/c8-6-5(9-13-10-6)7(12)11-3-1-2-4-11/h1-4H2,(H2,8,10). The van der Waals surface area contributed by atoms with E-state index in [2.05, 4.69) is 8.75 Å². The molecule has 0 aliphatic carbocycles. The maximum absolute atomic E-state index is 11.7. The number of aromatic nitrogens is 2. The van der Waals surface area contributed by atoms with Crippen molar-refractivity contribution in [2.24, 2.45) is 0 Å². The van der Waals surface area contributed by atoms with Gasteiger partial charge in [-0.05, 0) is 12.8 Å². The molecule has 13 heavy (non-hydrogen) atoms. The third kappa shape index (κ3) is 1.49. The monoisotopic (exact) mass is 198 g/mol. The van der Waals surface area contributed by atoms with Crippen LogP contribution in [-0.4, -0.2) is 32.6 Å². The highest BCUT2D eigenvalue weighted by atomic mass is 32.1. The van der Waals surface area contributed by atoms with Crippen molar-refractivity contribution in [3.63, 3.8) is 0 Å². The Morgan fingerprint density at radius 1 is 1.38 bits per heavy atom. The van der Waals surface area contributed by atoms with Crippen LogP contribution >= 0.6 is 11.7 Å².